The lowest BCUT2D eigenvalue weighted by Gasteiger charge is -2.29. The number of aryl methyl sites for hydroxylation is 1. The Labute approximate surface area is 126 Å². The second-order valence-corrected chi connectivity index (χ2v) is 5.69. The van der Waals surface area contributed by atoms with E-state index >= 15 is 0 Å². The molecular weight excluding hydrogens is 320 g/mol. The van der Waals surface area contributed by atoms with Gasteiger partial charge in [-0.3, -0.25) is 4.68 Å². The highest BCUT2D eigenvalue weighted by Gasteiger charge is 2.15. The van der Waals surface area contributed by atoms with Gasteiger partial charge in [-0.15, -0.1) is 0 Å². The van der Waals surface area contributed by atoms with Crippen molar-refractivity contribution in [2.45, 2.75) is 0 Å². The molecule has 106 valence electrons. The summed E-state index contributed by atoms with van der Waals surface area (Å²) in [7, 11) is 1.84. The number of ether oxygens (including phenoxy) is 1. The van der Waals surface area contributed by atoms with Crippen LogP contribution in [0.2, 0.25) is 0 Å². The smallest absolute Gasteiger partial charge is 0.129 e. The molecule has 0 radical (unpaired) electrons. The van der Waals surface area contributed by atoms with Gasteiger partial charge in [0.15, 0.2) is 0 Å². The zero-order valence-corrected chi connectivity index (χ0v) is 12.9. The van der Waals surface area contributed by atoms with Crippen LogP contribution in [0.5, 0.6) is 0 Å². The fraction of sp³-hybridized carbons (Fsp3) is 0.357. The van der Waals surface area contributed by atoms with Gasteiger partial charge in [0.2, 0.25) is 0 Å². The van der Waals surface area contributed by atoms with Crippen molar-refractivity contribution in [1.29, 1.82) is 0 Å². The highest BCUT2D eigenvalue weighted by atomic mass is 79.9. The summed E-state index contributed by atoms with van der Waals surface area (Å²) in [6.45, 7) is 3.41. The average molecular weight is 337 g/mol. The number of anilines is 2. The second kappa shape index (κ2) is 5.46. The van der Waals surface area contributed by atoms with Gasteiger partial charge in [-0.25, -0.2) is 0 Å². The number of morpholine rings is 1. The Bertz CT molecular complexity index is 620. The molecule has 1 aromatic carbocycles. The largest absolute Gasteiger partial charge is 0.383 e. The highest BCUT2D eigenvalue weighted by Crippen LogP contribution is 2.33. The highest BCUT2D eigenvalue weighted by molar-refractivity contribution is 9.10. The Hall–Kier alpha value is -1.53. The fourth-order valence-corrected chi connectivity index (χ4v) is 3.03. The number of nitrogens with zero attached hydrogens (tertiary/aromatic N) is 3. The number of rotatable bonds is 2. The van der Waals surface area contributed by atoms with Crippen molar-refractivity contribution in [2.24, 2.45) is 7.05 Å². The summed E-state index contributed by atoms with van der Waals surface area (Å²) in [5.74, 6) is 0.677. The molecule has 2 heterocycles. The lowest BCUT2D eigenvalue weighted by molar-refractivity contribution is 0.122. The molecule has 20 heavy (non-hydrogen) atoms. The molecule has 0 bridgehead atoms. The van der Waals surface area contributed by atoms with Crippen molar-refractivity contribution in [1.82, 2.24) is 9.78 Å². The van der Waals surface area contributed by atoms with E-state index in [0.717, 1.165) is 41.9 Å². The normalized spacial score (nSPS) is 15.6. The number of halogens is 1. The molecule has 1 aliphatic heterocycles. The van der Waals surface area contributed by atoms with Crippen LogP contribution < -0.4 is 10.6 Å². The van der Waals surface area contributed by atoms with Crippen molar-refractivity contribution < 1.29 is 4.74 Å². The first-order valence-electron chi connectivity index (χ1n) is 6.57. The van der Waals surface area contributed by atoms with E-state index in [2.05, 4.69) is 44.1 Å². The molecule has 3 rings (SSSR count). The van der Waals surface area contributed by atoms with Crippen LogP contribution in [-0.2, 0) is 11.8 Å². The zero-order valence-electron chi connectivity index (χ0n) is 11.3. The molecule has 0 aliphatic carbocycles. The molecule has 0 saturated carbocycles. The minimum absolute atomic E-state index is 0.677. The molecule has 0 unspecified atom stereocenters. The van der Waals surface area contributed by atoms with E-state index in [0.29, 0.717) is 5.82 Å². The third-order valence-electron chi connectivity index (χ3n) is 3.60. The van der Waals surface area contributed by atoms with Crippen LogP contribution >= 0.6 is 15.9 Å². The number of hydrogen-bond donors (Lipinski definition) is 1. The molecule has 6 heteroatoms. The summed E-state index contributed by atoms with van der Waals surface area (Å²) < 4.78 is 8.14. The van der Waals surface area contributed by atoms with Gasteiger partial charge in [-0.05, 0) is 33.6 Å². The predicted octanol–water partition coefficient (Wildman–Crippen LogP) is 2.27. The summed E-state index contributed by atoms with van der Waals surface area (Å²) in [6.07, 6.45) is 1.80. The van der Waals surface area contributed by atoms with E-state index in [9.17, 15) is 0 Å². The van der Waals surface area contributed by atoms with E-state index in [-0.39, 0.29) is 0 Å². The Morgan fingerprint density at radius 1 is 1.30 bits per heavy atom. The van der Waals surface area contributed by atoms with Crippen molar-refractivity contribution >= 4 is 27.4 Å². The molecule has 1 aliphatic rings. The number of nitrogen functional groups attached to an aromatic ring is 1. The Morgan fingerprint density at radius 2 is 2.05 bits per heavy atom. The van der Waals surface area contributed by atoms with Crippen LogP contribution in [0.4, 0.5) is 11.5 Å². The summed E-state index contributed by atoms with van der Waals surface area (Å²) >= 11 is 3.66. The van der Waals surface area contributed by atoms with Gasteiger partial charge in [-0.1, -0.05) is 6.07 Å². The summed E-state index contributed by atoms with van der Waals surface area (Å²) in [6, 6.07) is 6.30. The number of benzene rings is 1. The summed E-state index contributed by atoms with van der Waals surface area (Å²) in [5.41, 5.74) is 9.25. The molecule has 0 spiro atoms. The lowest BCUT2D eigenvalue weighted by Crippen LogP contribution is -2.36. The van der Waals surface area contributed by atoms with Crippen molar-refractivity contribution in [2.75, 3.05) is 36.9 Å². The molecule has 1 saturated heterocycles. The number of aromatic nitrogens is 2. The first-order valence-corrected chi connectivity index (χ1v) is 7.36. The topological polar surface area (TPSA) is 56.3 Å². The van der Waals surface area contributed by atoms with E-state index in [1.165, 1.54) is 5.69 Å². The average Bonchev–Trinajstić information content (AvgIpc) is 2.80. The van der Waals surface area contributed by atoms with Gasteiger partial charge in [0.25, 0.3) is 0 Å². The summed E-state index contributed by atoms with van der Waals surface area (Å²) in [4.78, 5) is 2.32. The van der Waals surface area contributed by atoms with Gasteiger partial charge < -0.3 is 15.4 Å². The molecule has 2 aromatic rings. The van der Waals surface area contributed by atoms with Gasteiger partial charge in [0.1, 0.15) is 5.82 Å². The number of nitrogens with two attached hydrogens (primary N) is 1. The number of hydrogen-bond acceptors (Lipinski definition) is 4. The first kappa shape index (κ1) is 13.5. The van der Waals surface area contributed by atoms with Crippen LogP contribution in [0.3, 0.4) is 0 Å². The first-order chi connectivity index (χ1) is 9.66. The van der Waals surface area contributed by atoms with Gasteiger partial charge in [0.05, 0.1) is 25.1 Å². The Balaban J connectivity index is 1.92. The van der Waals surface area contributed by atoms with E-state index in [1.54, 1.807) is 10.9 Å². The predicted molar refractivity (Wildman–Crippen MR) is 83.8 cm³/mol. The van der Waals surface area contributed by atoms with Crippen molar-refractivity contribution in [3.05, 3.63) is 28.9 Å². The van der Waals surface area contributed by atoms with Crippen LogP contribution in [0.15, 0.2) is 28.9 Å². The lowest BCUT2D eigenvalue weighted by atomic mass is 10.1. The van der Waals surface area contributed by atoms with E-state index < -0.39 is 0 Å². The van der Waals surface area contributed by atoms with Crippen molar-refractivity contribution in [3.63, 3.8) is 0 Å². The van der Waals surface area contributed by atoms with Crippen LogP contribution in [-0.4, -0.2) is 36.1 Å². The quantitative estimate of drug-likeness (QED) is 0.913. The van der Waals surface area contributed by atoms with Crippen LogP contribution in [0.25, 0.3) is 11.1 Å². The molecule has 1 fully saturated rings. The molecule has 0 amide bonds. The maximum absolute atomic E-state index is 6.02. The zero-order chi connectivity index (χ0) is 14.1. The van der Waals surface area contributed by atoms with Gasteiger partial charge in [-0.2, -0.15) is 5.10 Å². The molecular formula is C14H17BrN4O. The maximum atomic E-state index is 6.02. The molecule has 5 nitrogen and oxygen atoms in total. The van der Waals surface area contributed by atoms with Crippen LogP contribution in [0.1, 0.15) is 0 Å². The molecule has 1 aromatic heterocycles. The molecule has 0 atom stereocenters. The third-order valence-corrected chi connectivity index (χ3v) is 4.23. The van der Waals surface area contributed by atoms with Crippen molar-refractivity contribution in [3.8, 4) is 11.1 Å². The minimum atomic E-state index is 0.677. The van der Waals surface area contributed by atoms with E-state index in [1.807, 2.05) is 7.05 Å². The third kappa shape index (κ3) is 2.41. The Kier molecular flexibility index (Phi) is 3.67. The second-order valence-electron chi connectivity index (χ2n) is 4.83. The van der Waals surface area contributed by atoms with Crippen LogP contribution in [0, 0.1) is 0 Å². The van der Waals surface area contributed by atoms with E-state index in [4.69, 9.17) is 10.5 Å². The SMILES string of the molecule is Cn1ncc(-c2ccc(N3CCOCC3)c(Br)c2)c1N. The summed E-state index contributed by atoms with van der Waals surface area (Å²) in [5, 5.41) is 4.18. The maximum Gasteiger partial charge on any atom is 0.129 e. The van der Waals surface area contributed by atoms with Gasteiger partial charge in [0, 0.05) is 30.2 Å². The standard InChI is InChI=1S/C14H17BrN4O/c1-18-14(16)11(9-17-18)10-2-3-13(12(15)8-10)19-4-6-20-7-5-19/h2-3,8-9H,4-7,16H2,1H3. The van der Waals surface area contributed by atoms with Gasteiger partial charge >= 0.3 is 0 Å². The Morgan fingerprint density at radius 3 is 2.65 bits per heavy atom. The molecule has 2 N–H and O–H groups in total. The minimum Gasteiger partial charge on any atom is -0.383 e. The monoisotopic (exact) mass is 336 g/mol. The fourth-order valence-electron chi connectivity index (χ4n) is 2.40.